The maximum absolute atomic E-state index is 12.6. The van der Waals surface area contributed by atoms with Crippen molar-refractivity contribution in [1.82, 2.24) is 10.3 Å². The van der Waals surface area contributed by atoms with E-state index >= 15 is 0 Å². The molecule has 0 saturated heterocycles. The second kappa shape index (κ2) is 8.88. The van der Waals surface area contributed by atoms with Gasteiger partial charge in [-0.15, -0.1) is 0 Å². The van der Waals surface area contributed by atoms with Gasteiger partial charge in [-0.2, -0.15) is 5.10 Å². The molecule has 6 rings (SSSR count). The zero-order valence-electron chi connectivity index (χ0n) is 19.1. The standard InChI is InChI=1S/C30H27N3O/c34-30(32-31-18-26-15-14-24-13-12-23-6-3-7-28(26)29(23)24)25-10-8-21(9-11-25)19-33-17-16-22-4-1-2-5-27(22)20-33/h1-11,14-15,18H,12-13,16-17,19-20H2,(H,32,34)/b31-18+. The Kier molecular flexibility index (Phi) is 5.44. The summed E-state index contributed by atoms with van der Waals surface area (Å²) < 4.78 is 0. The molecule has 4 nitrogen and oxygen atoms in total. The van der Waals surface area contributed by atoms with Crippen LogP contribution in [0.5, 0.6) is 0 Å². The van der Waals surface area contributed by atoms with Crippen LogP contribution in [0.4, 0.5) is 0 Å². The van der Waals surface area contributed by atoms with Crippen LogP contribution in [-0.2, 0) is 32.4 Å². The summed E-state index contributed by atoms with van der Waals surface area (Å²) in [6.45, 7) is 2.93. The highest BCUT2D eigenvalue weighted by molar-refractivity contribution is 6.03. The molecule has 4 aromatic rings. The van der Waals surface area contributed by atoms with Gasteiger partial charge >= 0.3 is 0 Å². The van der Waals surface area contributed by atoms with Gasteiger partial charge in [-0.05, 0) is 70.0 Å². The van der Waals surface area contributed by atoms with Gasteiger partial charge in [0.1, 0.15) is 0 Å². The molecule has 0 atom stereocenters. The van der Waals surface area contributed by atoms with E-state index in [1.807, 2.05) is 24.3 Å². The third-order valence-corrected chi connectivity index (χ3v) is 7.11. The third kappa shape index (κ3) is 4.02. The molecular weight excluding hydrogens is 418 g/mol. The van der Waals surface area contributed by atoms with Gasteiger partial charge in [0.15, 0.2) is 0 Å². The van der Waals surface area contributed by atoms with Crippen molar-refractivity contribution in [1.29, 1.82) is 0 Å². The Labute approximate surface area is 199 Å². The van der Waals surface area contributed by atoms with Gasteiger partial charge < -0.3 is 0 Å². The van der Waals surface area contributed by atoms with Crippen LogP contribution in [0.25, 0.3) is 10.8 Å². The van der Waals surface area contributed by atoms with Crippen LogP contribution in [0.1, 0.15) is 43.7 Å². The Bertz CT molecular complexity index is 1390. The highest BCUT2D eigenvalue weighted by atomic mass is 16.2. The zero-order chi connectivity index (χ0) is 22.9. The second-order valence-corrected chi connectivity index (χ2v) is 9.28. The van der Waals surface area contributed by atoms with Crippen molar-refractivity contribution in [2.75, 3.05) is 6.54 Å². The Hall–Kier alpha value is -3.76. The smallest absolute Gasteiger partial charge is 0.271 e. The third-order valence-electron chi connectivity index (χ3n) is 7.11. The first-order valence-corrected chi connectivity index (χ1v) is 12.0. The van der Waals surface area contributed by atoms with Gasteiger partial charge in [-0.3, -0.25) is 9.69 Å². The molecule has 1 N–H and O–H groups in total. The Balaban J connectivity index is 1.09. The van der Waals surface area contributed by atoms with E-state index in [0.717, 1.165) is 44.5 Å². The van der Waals surface area contributed by atoms with E-state index in [-0.39, 0.29) is 5.91 Å². The highest BCUT2D eigenvalue weighted by Gasteiger charge is 2.17. The number of benzene rings is 4. The Morgan fingerprint density at radius 2 is 1.59 bits per heavy atom. The summed E-state index contributed by atoms with van der Waals surface area (Å²) in [5.41, 5.74) is 11.2. The number of hydrazone groups is 1. The summed E-state index contributed by atoms with van der Waals surface area (Å²) in [5, 5.41) is 6.81. The van der Waals surface area contributed by atoms with Crippen LogP contribution < -0.4 is 5.43 Å². The second-order valence-electron chi connectivity index (χ2n) is 9.28. The first kappa shape index (κ1) is 20.8. The van der Waals surface area contributed by atoms with E-state index in [4.69, 9.17) is 0 Å². The highest BCUT2D eigenvalue weighted by Crippen LogP contribution is 2.32. The summed E-state index contributed by atoms with van der Waals surface area (Å²) >= 11 is 0. The van der Waals surface area contributed by atoms with E-state index in [2.05, 4.69) is 70.0 Å². The van der Waals surface area contributed by atoms with Crippen molar-refractivity contribution >= 4 is 22.9 Å². The number of carbonyl (C=O) groups excluding carboxylic acids is 1. The van der Waals surface area contributed by atoms with E-state index in [9.17, 15) is 4.79 Å². The lowest BCUT2D eigenvalue weighted by Crippen LogP contribution is -2.30. The molecule has 168 valence electrons. The summed E-state index contributed by atoms with van der Waals surface area (Å²) in [7, 11) is 0. The number of hydrogen-bond donors (Lipinski definition) is 1. The van der Waals surface area contributed by atoms with E-state index in [1.165, 1.54) is 38.6 Å². The molecular formula is C30H27N3O. The molecule has 0 radical (unpaired) electrons. The first-order valence-electron chi connectivity index (χ1n) is 12.0. The summed E-state index contributed by atoms with van der Waals surface area (Å²) in [6.07, 6.45) is 5.05. The average Bonchev–Trinajstić information content (AvgIpc) is 3.30. The van der Waals surface area contributed by atoms with E-state index in [1.54, 1.807) is 6.21 Å². The molecule has 0 saturated carbocycles. The molecule has 1 aliphatic heterocycles. The van der Waals surface area contributed by atoms with Gasteiger partial charge in [0, 0.05) is 30.8 Å². The number of carbonyl (C=O) groups is 1. The number of aryl methyl sites for hydroxylation is 2. The van der Waals surface area contributed by atoms with Crippen molar-refractivity contribution in [3.05, 3.63) is 118 Å². The molecule has 2 aliphatic rings. The fraction of sp³-hybridized carbons (Fsp3) is 0.200. The quantitative estimate of drug-likeness (QED) is 0.336. The molecule has 0 bridgehead atoms. The summed E-state index contributed by atoms with van der Waals surface area (Å²) in [5.74, 6) is -0.194. The van der Waals surface area contributed by atoms with Gasteiger partial charge in [0.05, 0.1) is 6.21 Å². The number of hydrogen-bond acceptors (Lipinski definition) is 3. The van der Waals surface area contributed by atoms with Crippen molar-refractivity contribution < 1.29 is 4.79 Å². The first-order chi connectivity index (χ1) is 16.7. The molecule has 4 aromatic carbocycles. The molecule has 0 fully saturated rings. The van der Waals surface area contributed by atoms with Crippen molar-refractivity contribution in [3.63, 3.8) is 0 Å². The normalized spacial score (nSPS) is 15.1. The van der Waals surface area contributed by atoms with Crippen LogP contribution in [-0.4, -0.2) is 23.6 Å². The van der Waals surface area contributed by atoms with Crippen LogP contribution in [0, 0.1) is 0 Å². The molecule has 1 heterocycles. The number of fused-ring (bicyclic) bond motifs is 1. The van der Waals surface area contributed by atoms with Gasteiger partial charge in [0.2, 0.25) is 0 Å². The van der Waals surface area contributed by atoms with Crippen LogP contribution in [0.2, 0.25) is 0 Å². The lowest BCUT2D eigenvalue weighted by molar-refractivity contribution is 0.0955. The largest absolute Gasteiger partial charge is 0.294 e. The minimum Gasteiger partial charge on any atom is -0.294 e. The van der Waals surface area contributed by atoms with Crippen LogP contribution in [0.3, 0.4) is 0 Å². The number of nitrogens with one attached hydrogen (secondary N) is 1. The lowest BCUT2D eigenvalue weighted by Gasteiger charge is -2.28. The topological polar surface area (TPSA) is 44.7 Å². The van der Waals surface area contributed by atoms with Crippen molar-refractivity contribution in [3.8, 4) is 0 Å². The predicted octanol–water partition coefficient (Wildman–Crippen LogP) is 5.26. The minimum absolute atomic E-state index is 0.194. The molecule has 1 aliphatic carbocycles. The monoisotopic (exact) mass is 445 g/mol. The average molecular weight is 446 g/mol. The summed E-state index contributed by atoms with van der Waals surface area (Å²) in [4.78, 5) is 15.1. The van der Waals surface area contributed by atoms with Crippen LogP contribution in [0.15, 0.2) is 84.0 Å². The van der Waals surface area contributed by atoms with Gasteiger partial charge in [0.25, 0.3) is 5.91 Å². The molecule has 0 unspecified atom stereocenters. The molecule has 0 spiro atoms. The minimum atomic E-state index is -0.194. The zero-order valence-corrected chi connectivity index (χ0v) is 19.1. The summed E-state index contributed by atoms with van der Waals surface area (Å²) in [6, 6.07) is 27.3. The van der Waals surface area contributed by atoms with Crippen molar-refractivity contribution in [2.24, 2.45) is 5.10 Å². The SMILES string of the molecule is O=C(N/N=C/c1ccc2c3c(cccc13)CC2)c1ccc(CN2CCc3ccccc3C2)cc1. The number of rotatable bonds is 5. The van der Waals surface area contributed by atoms with E-state index in [0.29, 0.717) is 5.56 Å². The van der Waals surface area contributed by atoms with Crippen molar-refractivity contribution in [2.45, 2.75) is 32.4 Å². The number of nitrogens with zero attached hydrogens (tertiary/aromatic N) is 2. The molecule has 34 heavy (non-hydrogen) atoms. The fourth-order valence-electron chi connectivity index (χ4n) is 5.32. The lowest BCUT2D eigenvalue weighted by atomic mass is 9.99. The maximum atomic E-state index is 12.6. The molecule has 0 aromatic heterocycles. The predicted molar refractivity (Wildman–Crippen MR) is 137 cm³/mol. The fourth-order valence-corrected chi connectivity index (χ4v) is 5.32. The van der Waals surface area contributed by atoms with E-state index < -0.39 is 0 Å². The Morgan fingerprint density at radius 1 is 0.824 bits per heavy atom. The van der Waals surface area contributed by atoms with Crippen LogP contribution >= 0.6 is 0 Å². The van der Waals surface area contributed by atoms with Gasteiger partial charge in [-0.25, -0.2) is 5.43 Å². The van der Waals surface area contributed by atoms with Gasteiger partial charge in [-0.1, -0.05) is 66.7 Å². The molecule has 4 heteroatoms. The Morgan fingerprint density at radius 3 is 2.44 bits per heavy atom. The maximum Gasteiger partial charge on any atom is 0.271 e. The number of amides is 1. The molecule has 1 amide bonds.